The number of benzene rings is 1. The monoisotopic (exact) mass is 391 g/mol. The molecular weight excluding hydrogens is 369 g/mol. The number of hydrogen-bond acceptors (Lipinski definition) is 4. The average molecular weight is 391 g/mol. The molecule has 0 radical (unpaired) electrons. The molecule has 2 heterocycles. The van der Waals surface area contributed by atoms with Gasteiger partial charge in [0, 0.05) is 32.0 Å². The van der Waals surface area contributed by atoms with Gasteiger partial charge in [-0.2, -0.15) is 0 Å². The molecule has 27 heavy (non-hydrogen) atoms. The van der Waals surface area contributed by atoms with E-state index in [0.717, 1.165) is 31.4 Å². The summed E-state index contributed by atoms with van der Waals surface area (Å²) in [6.45, 7) is 1.27. The number of hydrogen-bond donors (Lipinski definition) is 1. The van der Waals surface area contributed by atoms with Gasteiger partial charge in [0.2, 0.25) is 0 Å². The number of aromatic nitrogens is 1. The van der Waals surface area contributed by atoms with Crippen molar-refractivity contribution in [2.24, 2.45) is 0 Å². The van der Waals surface area contributed by atoms with Crippen LogP contribution in [0.1, 0.15) is 30.1 Å². The molecule has 1 aliphatic rings. The Balaban J connectivity index is 1.83. The van der Waals surface area contributed by atoms with E-state index in [-0.39, 0.29) is 17.5 Å². The van der Waals surface area contributed by atoms with Crippen LogP contribution in [0.3, 0.4) is 0 Å². The normalized spacial score (nSPS) is 16.0. The Hall–Kier alpha value is -2.48. The molecule has 8 heteroatoms. The smallest absolute Gasteiger partial charge is 0.317 e. The van der Waals surface area contributed by atoms with E-state index >= 15 is 0 Å². The Labute approximate surface area is 158 Å². The lowest BCUT2D eigenvalue weighted by Crippen LogP contribution is -2.44. The molecule has 144 valence electrons. The summed E-state index contributed by atoms with van der Waals surface area (Å²) in [5, 5.41) is 1.74. The number of nitrogens with one attached hydrogen (secondary N) is 1. The first-order valence-corrected chi connectivity index (χ1v) is 10.5. The standard InChI is InChI=1S/C19H22FN3O3S/c20-16-6-8-17(9-7-16)27(25,26)18(15-5-4-10-21-13-15)14-22-19(24)23-11-2-1-3-12-23/h4-10,13,18H,1-3,11-12,14H2,(H,22,24)/t18-/m1/s1. The zero-order valence-corrected chi connectivity index (χ0v) is 15.7. The summed E-state index contributed by atoms with van der Waals surface area (Å²) < 4.78 is 39.4. The molecule has 1 N–H and O–H groups in total. The number of carbonyl (C=O) groups excluding carboxylic acids is 1. The molecule has 0 unspecified atom stereocenters. The van der Waals surface area contributed by atoms with Gasteiger partial charge in [0.05, 0.1) is 4.90 Å². The van der Waals surface area contributed by atoms with Gasteiger partial charge in [-0.15, -0.1) is 0 Å². The van der Waals surface area contributed by atoms with Crippen molar-refractivity contribution in [2.45, 2.75) is 29.4 Å². The first-order valence-electron chi connectivity index (χ1n) is 8.90. The van der Waals surface area contributed by atoms with Crippen molar-refractivity contribution < 1.29 is 17.6 Å². The van der Waals surface area contributed by atoms with Crippen LogP contribution in [-0.4, -0.2) is 44.0 Å². The molecule has 1 aromatic carbocycles. The van der Waals surface area contributed by atoms with Crippen molar-refractivity contribution in [1.29, 1.82) is 0 Å². The zero-order chi connectivity index (χ0) is 19.3. The highest BCUT2D eigenvalue weighted by Gasteiger charge is 2.30. The Morgan fingerprint density at radius 1 is 1.15 bits per heavy atom. The molecule has 6 nitrogen and oxygen atoms in total. The van der Waals surface area contributed by atoms with E-state index in [1.807, 2.05) is 0 Å². The summed E-state index contributed by atoms with van der Waals surface area (Å²) in [7, 11) is -3.84. The summed E-state index contributed by atoms with van der Waals surface area (Å²) in [5.41, 5.74) is 0.473. The summed E-state index contributed by atoms with van der Waals surface area (Å²) in [6, 6.07) is 7.73. The molecule has 1 saturated heterocycles. The number of carbonyl (C=O) groups is 1. The lowest BCUT2D eigenvalue weighted by molar-refractivity contribution is 0.186. The third-order valence-electron chi connectivity index (χ3n) is 4.65. The molecule has 0 bridgehead atoms. The van der Waals surface area contributed by atoms with E-state index < -0.39 is 20.9 Å². The predicted octanol–water partition coefficient (Wildman–Crippen LogP) is 2.93. The fraction of sp³-hybridized carbons (Fsp3) is 0.368. The number of sulfone groups is 1. The largest absolute Gasteiger partial charge is 0.336 e. The van der Waals surface area contributed by atoms with Crippen LogP contribution in [0.2, 0.25) is 0 Å². The van der Waals surface area contributed by atoms with E-state index in [9.17, 15) is 17.6 Å². The zero-order valence-electron chi connectivity index (χ0n) is 14.8. The Kier molecular flexibility index (Phi) is 6.05. The van der Waals surface area contributed by atoms with Crippen molar-refractivity contribution in [3.8, 4) is 0 Å². The molecule has 1 aliphatic heterocycles. The maximum absolute atomic E-state index is 13.2. The van der Waals surface area contributed by atoms with Crippen LogP contribution in [0.25, 0.3) is 0 Å². The van der Waals surface area contributed by atoms with E-state index in [4.69, 9.17) is 0 Å². The van der Waals surface area contributed by atoms with Gasteiger partial charge in [0.1, 0.15) is 11.1 Å². The maximum atomic E-state index is 13.2. The number of amides is 2. The second-order valence-electron chi connectivity index (χ2n) is 6.51. The number of halogens is 1. The molecule has 1 aromatic heterocycles. The van der Waals surface area contributed by atoms with Gasteiger partial charge >= 0.3 is 6.03 Å². The van der Waals surface area contributed by atoms with Gasteiger partial charge in [-0.3, -0.25) is 4.98 Å². The third-order valence-corrected chi connectivity index (χ3v) is 6.77. The van der Waals surface area contributed by atoms with Gasteiger partial charge in [0.25, 0.3) is 0 Å². The summed E-state index contributed by atoms with van der Waals surface area (Å²) >= 11 is 0. The third kappa shape index (κ3) is 4.63. The predicted molar refractivity (Wildman–Crippen MR) is 99.4 cm³/mol. The van der Waals surface area contributed by atoms with Gasteiger partial charge in [-0.1, -0.05) is 6.07 Å². The Bertz CT molecular complexity index is 867. The van der Waals surface area contributed by atoms with Crippen molar-refractivity contribution in [2.75, 3.05) is 19.6 Å². The Morgan fingerprint density at radius 3 is 2.48 bits per heavy atom. The van der Waals surface area contributed by atoms with Crippen LogP contribution in [0.5, 0.6) is 0 Å². The number of nitrogens with zero attached hydrogens (tertiary/aromatic N) is 2. The highest BCUT2D eigenvalue weighted by atomic mass is 32.2. The molecule has 0 spiro atoms. The number of piperidine rings is 1. The maximum Gasteiger partial charge on any atom is 0.317 e. The Morgan fingerprint density at radius 2 is 1.85 bits per heavy atom. The van der Waals surface area contributed by atoms with Gasteiger partial charge in [-0.05, 0) is 55.2 Å². The number of likely N-dealkylation sites (tertiary alicyclic amines) is 1. The lowest BCUT2D eigenvalue weighted by atomic mass is 10.1. The molecule has 2 aromatic rings. The molecule has 0 aliphatic carbocycles. The van der Waals surface area contributed by atoms with Crippen LogP contribution in [0, 0.1) is 5.82 Å². The molecule has 2 amide bonds. The minimum absolute atomic E-state index is 0.00461. The fourth-order valence-electron chi connectivity index (χ4n) is 3.15. The minimum atomic E-state index is -3.84. The first-order chi connectivity index (χ1) is 13.0. The van der Waals surface area contributed by atoms with Crippen molar-refractivity contribution >= 4 is 15.9 Å². The van der Waals surface area contributed by atoms with Crippen LogP contribution >= 0.6 is 0 Å². The number of urea groups is 1. The highest BCUT2D eigenvalue weighted by Crippen LogP contribution is 2.28. The molecule has 0 saturated carbocycles. The highest BCUT2D eigenvalue weighted by molar-refractivity contribution is 7.91. The molecule has 3 rings (SSSR count). The van der Waals surface area contributed by atoms with Gasteiger partial charge in [0.15, 0.2) is 9.84 Å². The van der Waals surface area contributed by atoms with Crippen LogP contribution in [0.15, 0.2) is 53.7 Å². The lowest BCUT2D eigenvalue weighted by Gasteiger charge is -2.28. The van der Waals surface area contributed by atoms with E-state index in [1.54, 1.807) is 23.2 Å². The summed E-state index contributed by atoms with van der Waals surface area (Å²) in [5.74, 6) is -0.509. The van der Waals surface area contributed by atoms with Crippen LogP contribution in [0.4, 0.5) is 9.18 Å². The van der Waals surface area contributed by atoms with Crippen molar-refractivity contribution in [3.63, 3.8) is 0 Å². The van der Waals surface area contributed by atoms with E-state index in [2.05, 4.69) is 10.3 Å². The number of rotatable bonds is 5. The summed E-state index contributed by atoms with van der Waals surface area (Å²) in [6.07, 6.45) is 6.03. The van der Waals surface area contributed by atoms with Crippen LogP contribution < -0.4 is 5.32 Å². The second-order valence-corrected chi connectivity index (χ2v) is 8.64. The topological polar surface area (TPSA) is 79.4 Å². The van der Waals surface area contributed by atoms with Gasteiger partial charge in [-0.25, -0.2) is 17.6 Å². The second kappa shape index (κ2) is 8.47. The molecule has 1 atom stereocenters. The SMILES string of the molecule is O=C(NC[C@H](c1cccnc1)S(=O)(=O)c1ccc(F)cc1)N1CCCCC1. The average Bonchev–Trinajstić information content (AvgIpc) is 2.69. The summed E-state index contributed by atoms with van der Waals surface area (Å²) in [4.78, 5) is 18.1. The van der Waals surface area contributed by atoms with Crippen LogP contribution in [-0.2, 0) is 9.84 Å². The van der Waals surface area contributed by atoms with Gasteiger partial charge < -0.3 is 10.2 Å². The molecular formula is C19H22FN3O3S. The quantitative estimate of drug-likeness (QED) is 0.795. The number of pyridine rings is 1. The first kappa shape index (κ1) is 19.3. The van der Waals surface area contributed by atoms with E-state index in [0.29, 0.717) is 18.7 Å². The van der Waals surface area contributed by atoms with Crippen molar-refractivity contribution in [1.82, 2.24) is 15.2 Å². The van der Waals surface area contributed by atoms with E-state index in [1.165, 1.54) is 18.3 Å². The fourth-order valence-corrected chi connectivity index (χ4v) is 4.79. The molecule has 1 fully saturated rings. The van der Waals surface area contributed by atoms with Crippen molar-refractivity contribution in [3.05, 3.63) is 60.2 Å². The minimum Gasteiger partial charge on any atom is -0.336 e.